The Morgan fingerprint density at radius 2 is 1.90 bits per heavy atom. The van der Waals surface area contributed by atoms with Gasteiger partial charge >= 0.3 is 5.97 Å². The minimum Gasteiger partial charge on any atom is -0.481 e. The Bertz CT molecular complexity index is 542. The molecule has 2 N–H and O–H groups in total. The normalized spacial score (nSPS) is 11.1. The highest BCUT2D eigenvalue weighted by Crippen LogP contribution is 2.33. The number of aliphatic carboxylic acids is 1. The summed E-state index contributed by atoms with van der Waals surface area (Å²) in [5, 5.41) is 12.2. The van der Waals surface area contributed by atoms with Gasteiger partial charge in [0, 0.05) is 20.5 Å². The van der Waals surface area contributed by atoms with Crippen LogP contribution in [-0.4, -0.2) is 31.1 Å². The van der Waals surface area contributed by atoms with Gasteiger partial charge in [0.15, 0.2) is 0 Å². The zero-order valence-electron chi connectivity index (χ0n) is 12.7. The van der Waals surface area contributed by atoms with Crippen molar-refractivity contribution in [3.8, 4) is 0 Å². The van der Waals surface area contributed by atoms with Crippen molar-refractivity contribution in [2.45, 2.75) is 26.7 Å². The van der Waals surface area contributed by atoms with Crippen molar-refractivity contribution >= 4 is 34.9 Å². The molecule has 0 aliphatic rings. The summed E-state index contributed by atoms with van der Waals surface area (Å²) in [5.41, 5.74) is 0.736. The van der Waals surface area contributed by atoms with Gasteiger partial charge in [-0.2, -0.15) is 0 Å². The second-order valence-corrected chi connectivity index (χ2v) is 6.40. The molecule has 0 spiro atoms. The van der Waals surface area contributed by atoms with E-state index in [4.69, 9.17) is 16.7 Å². The van der Waals surface area contributed by atoms with Crippen LogP contribution in [0.1, 0.15) is 26.7 Å². The lowest BCUT2D eigenvalue weighted by Gasteiger charge is -2.23. The standard InChI is InChI=1S/C15H21ClN2O3/c1-15(2,9-13(20)21)8-12(19)17-11-7-5-6-10(16)14(11)18(3)4/h5-7H,8-9H2,1-4H3,(H,17,19)(H,20,21). The van der Waals surface area contributed by atoms with Crippen LogP contribution in [0.5, 0.6) is 0 Å². The van der Waals surface area contributed by atoms with Gasteiger partial charge in [-0.15, -0.1) is 0 Å². The number of anilines is 2. The summed E-state index contributed by atoms with van der Waals surface area (Å²) < 4.78 is 0. The van der Waals surface area contributed by atoms with Crippen LogP contribution in [0.2, 0.25) is 5.02 Å². The van der Waals surface area contributed by atoms with Crippen molar-refractivity contribution in [2.24, 2.45) is 5.41 Å². The van der Waals surface area contributed by atoms with E-state index in [-0.39, 0.29) is 18.7 Å². The molecule has 0 saturated heterocycles. The Morgan fingerprint density at radius 3 is 2.43 bits per heavy atom. The lowest BCUT2D eigenvalue weighted by molar-refractivity contribution is -0.139. The Kier molecular flexibility index (Phi) is 5.61. The Morgan fingerprint density at radius 1 is 1.29 bits per heavy atom. The third-order valence-electron chi connectivity index (χ3n) is 2.98. The van der Waals surface area contributed by atoms with Crippen LogP contribution in [-0.2, 0) is 9.59 Å². The highest BCUT2D eigenvalue weighted by atomic mass is 35.5. The molecular formula is C15H21ClN2O3. The first kappa shape index (κ1) is 17.3. The predicted molar refractivity (Wildman–Crippen MR) is 85.1 cm³/mol. The van der Waals surface area contributed by atoms with Gasteiger partial charge in [0.25, 0.3) is 0 Å². The number of hydrogen-bond acceptors (Lipinski definition) is 3. The van der Waals surface area contributed by atoms with Crippen LogP contribution >= 0.6 is 11.6 Å². The van der Waals surface area contributed by atoms with E-state index in [1.54, 1.807) is 32.0 Å². The average Bonchev–Trinajstić information content (AvgIpc) is 2.24. The van der Waals surface area contributed by atoms with Gasteiger partial charge in [0.05, 0.1) is 22.8 Å². The molecule has 0 unspecified atom stereocenters. The second kappa shape index (κ2) is 6.80. The highest BCUT2D eigenvalue weighted by Gasteiger charge is 2.25. The number of hydrogen-bond donors (Lipinski definition) is 2. The number of carboxylic acids is 1. The largest absolute Gasteiger partial charge is 0.481 e. The summed E-state index contributed by atoms with van der Waals surface area (Å²) in [6.07, 6.45) is 0.0647. The van der Waals surface area contributed by atoms with Crippen LogP contribution < -0.4 is 10.2 Å². The summed E-state index contributed by atoms with van der Waals surface area (Å²) in [7, 11) is 3.68. The number of para-hydroxylation sites is 1. The summed E-state index contributed by atoms with van der Waals surface area (Å²) in [5.74, 6) is -1.14. The molecule has 6 heteroatoms. The topological polar surface area (TPSA) is 69.6 Å². The van der Waals surface area contributed by atoms with E-state index in [0.717, 1.165) is 5.69 Å². The molecule has 0 aliphatic carbocycles. The zero-order chi connectivity index (χ0) is 16.2. The average molecular weight is 313 g/mol. The van der Waals surface area contributed by atoms with Gasteiger partial charge in [-0.1, -0.05) is 31.5 Å². The number of amides is 1. The number of nitrogens with one attached hydrogen (secondary N) is 1. The summed E-state index contributed by atoms with van der Waals surface area (Å²) in [6, 6.07) is 5.28. The van der Waals surface area contributed by atoms with Crippen molar-refractivity contribution in [1.82, 2.24) is 0 Å². The Hall–Kier alpha value is -1.75. The number of rotatable bonds is 6. The lowest BCUT2D eigenvalue weighted by atomic mass is 9.85. The number of carbonyl (C=O) groups excluding carboxylic acids is 1. The van der Waals surface area contributed by atoms with E-state index in [0.29, 0.717) is 10.7 Å². The smallest absolute Gasteiger partial charge is 0.303 e. The Labute approximate surface area is 129 Å². The van der Waals surface area contributed by atoms with Crippen molar-refractivity contribution < 1.29 is 14.7 Å². The van der Waals surface area contributed by atoms with Gasteiger partial charge in [-0.25, -0.2) is 0 Å². The molecule has 1 aromatic rings. The maximum atomic E-state index is 12.1. The first-order chi connectivity index (χ1) is 9.62. The molecule has 5 nitrogen and oxygen atoms in total. The van der Waals surface area contributed by atoms with E-state index in [1.165, 1.54) is 0 Å². The zero-order valence-corrected chi connectivity index (χ0v) is 13.5. The molecule has 0 saturated carbocycles. The number of carbonyl (C=O) groups is 2. The van der Waals surface area contributed by atoms with Crippen LogP contribution in [0, 0.1) is 5.41 Å². The SMILES string of the molecule is CN(C)c1c(Cl)cccc1NC(=O)CC(C)(C)CC(=O)O. The molecule has 21 heavy (non-hydrogen) atoms. The molecule has 0 aliphatic heterocycles. The van der Waals surface area contributed by atoms with E-state index in [2.05, 4.69) is 5.32 Å². The molecular weight excluding hydrogens is 292 g/mol. The number of benzene rings is 1. The first-order valence-electron chi connectivity index (χ1n) is 6.60. The fraction of sp³-hybridized carbons (Fsp3) is 0.467. The monoisotopic (exact) mass is 312 g/mol. The van der Waals surface area contributed by atoms with Gasteiger partial charge < -0.3 is 15.3 Å². The third kappa shape index (κ3) is 5.27. The van der Waals surface area contributed by atoms with Gasteiger partial charge in [0.2, 0.25) is 5.91 Å². The molecule has 0 radical (unpaired) electrons. The van der Waals surface area contributed by atoms with Crippen molar-refractivity contribution in [2.75, 3.05) is 24.3 Å². The van der Waals surface area contributed by atoms with E-state index >= 15 is 0 Å². The van der Waals surface area contributed by atoms with Gasteiger partial charge in [-0.05, 0) is 17.5 Å². The molecule has 0 heterocycles. The fourth-order valence-electron chi connectivity index (χ4n) is 2.17. The molecule has 0 fully saturated rings. The predicted octanol–water partition coefficient (Wildman–Crippen LogP) is 3.24. The summed E-state index contributed by atoms with van der Waals surface area (Å²) in [6.45, 7) is 3.51. The molecule has 1 amide bonds. The highest BCUT2D eigenvalue weighted by molar-refractivity contribution is 6.34. The van der Waals surface area contributed by atoms with E-state index < -0.39 is 11.4 Å². The molecule has 1 aromatic carbocycles. The summed E-state index contributed by atoms with van der Waals surface area (Å²) >= 11 is 6.14. The summed E-state index contributed by atoms with van der Waals surface area (Å²) in [4.78, 5) is 24.7. The van der Waals surface area contributed by atoms with Crippen molar-refractivity contribution in [1.29, 1.82) is 0 Å². The van der Waals surface area contributed by atoms with Gasteiger partial charge in [0.1, 0.15) is 0 Å². The minimum atomic E-state index is -0.912. The number of nitrogens with zero attached hydrogens (tertiary/aromatic N) is 1. The molecule has 1 rings (SSSR count). The van der Waals surface area contributed by atoms with Crippen molar-refractivity contribution in [3.63, 3.8) is 0 Å². The maximum Gasteiger partial charge on any atom is 0.303 e. The molecule has 0 atom stereocenters. The minimum absolute atomic E-state index is 0.0590. The number of halogens is 1. The third-order valence-corrected chi connectivity index (χ3v) is 3.28. The fourth-order valence-corrected chi connectivity index (χ4v) is 2.52. The van der Waals surface area contributed by atoms with Crippen LogP contribution in [0.15, 0.2) is 18.2 Å². The van der Waals surface area contributed by atoms with Crippen LogP contribution in [0.25, 0.3) is 0 Å². The maximum absolute atomic E-state index is 12.1. The number of carboxylic acid groups (broad SMARTS) is 1. The van der Waals surface area contributed by atoms with E-state index in [9.17, 15) is 9.59 Å². The Balaban J connectivity index is 2.85. The van der Waals surface area contributed by atoms with Gasteiger partial charge in [-0.3, -0.25) is 9.59 Å². The van der Waals surface area contributed by atoms with Crippen LogP contribution in [0.3, 0.4) is 0 Å². The second-order valence-electron chi connectivity index (χ2n) is 5.99. The lowest BCUT2D eigenvalue weighted by Crippen LogP contribution is -2.25. The van der Waals surface area contributed by atoms with E-state index in [1.807, 2.05) is 19.0 Å². The molecule has 116 valence electrons. The van der Waals surface area contributed by atoms with Crippen LogP contribution in [0.4, 0.5) is 11.4 Å². The molecule has 0 bridgehead atoms. The first-order valence-corrected chi connectivity index (χ1v) is 6.98. The van der Waals surface area contributed by atoms with Crippen molar-refractivity contribution in [3.05, 3.63) is 23.2 Å². The quantitative estimate of drug-likeness (QED) is 0.846. The molecule has 0 aromatic heterocycles.